The fraction of sp³-hybridized carbons (Fsp3) is 0.364. The summed E-state index contributed by atoms with van der Waals surface area (Å²) in [6.45, 7) is 0. The van der Waals surface area contributed by atoms with Crippen LogP contribution in [0.4, 0.5) is 0 Å². The number of hydrogen-bond acceptors (Lipinski definition) is 5. The number of hydrogen-bond donors (Lipinski definition) is 3. The molecule has 0 saturated carbocycles. The highest BCUT2D eigenvalue weighted by Gasteiger charge is 2.11. The quantitative estimate of drug-likeness (QED) is 0.532. The smallest absolute Gasteiger partial charge is 0.305 e. The van der Waals surface area contributed by atoms with Gasteiger partial charge >= 0.3 is 5.97 Å². The van der Waals surface area contributed by atoms with Crippen molar-refractivity contribution in [3.63, 3.8) is 0 Å². The van der Waals surface area contributed by atoms with Crippen molar-refractivity contribution in [1.82, 2.24) is 0 Å². The Morgan fingerprint density at radius 2 is 1.94 bits per heavy atom. The minimum absolute atomic E-state index is 0.248. The van der Waals surface area contributed by atoms with Gasteiger partial charge in [-0.3, -0.25) is 4.79 Å². The summed E-state index contributed by atoms with van der Waals surface area (Å²) >= 11 is 0. The van der Waals surface area contributed by atoms with Crippen LogP contribution >= 0.6 is 0 Å². The van der Waals surface area contributed by atoms with Gasteiger partial charge in [-0.15, -0.1) is 0 Å². The Morgan fingerprint density at radius 1 is 1.25 bits per heavy atom. The van der Waals surface area contributed by atoms with Crippen molar-refractivity contribution < 1.29 is 24.9 Å². The van der Waals surface area contributed by atoms with Crippen molar-refractivity contribution in [2.45, 2.75) is 19.3 Å². The van der Waals surface area contributed by atoms with Gasteiger partial charge in [-0.05, 0) is 24.5 Å². The molecule has 0 unspecified atom stereocenters. The van der Waals surface area contributed by atoms with Crippen molar-refractivity contribution >= 4 is 5.97 Å². The molecule has 88 valence electrons. The van der Waals surface area contributed by atoms with Crippen LogP contribution in [0.2, 0.25) is 0 Å². The van der Waals surface area contributed by atoms with E-state index in [2.05, 4.69) is 4.74 Å². The van der Waals surface area contributed by atoms with Gasteiger partial charge in [-0.25, -0.2) is 0 Å². The number of aromatic hydroxyl groups is 3. The number of carbonyl (C=O) groups is 1. The Balaban J connectivity index is 2.61. The molecule has 1 aromatic rings. The Kier molecular flexibility index (Phi) is 3.99. The van der Waals surface area contributed by atoms with E-state index >= 15 is 0 Å². The zero-order chi connectivity index (χ0) is 12.1. The third-order valence-corrected chi connectivity index (χ3v) is 2.27. The summed E-state index contributed by atoms with van der Waals surface area (Å²) in [6.07, 6.45) is 1.18. The van der Waals surface area contributed by atoms with Gasteiger partial charge in [0.15, 0.2) is 11.5 Å². The van der Waals surface area contributed by atoms with Crippen molar-refractivity contribution in [2.24, 2.45) is 0 Å². The number of methoxy groups -OCH3 is 1. The van der Waals surface area contributed by atoms with E-state index in [1.807, 2.05) is 0 Å². The average molecular weight is 226 g/mol. The molecule has 5 heteroatoms. The van der Waals surface area contributed by atoms with E-state index in [4.69, 9.17) is 5.11 Å². The normalized spacial score (nSPS) is 10.1. The number of esters is 1. The first-order valence-corrected chi connectivity index (χ1v) is 4.86. The average Bonchev–Trinajstić information content (AvgIpc) is 2.29. The number of phenols is 3. The zero-order valence-corrected chi connectivity index (χ0v) is 8.93. The van der Waals surface area contributed by atoms with Crippen LogP contribution in [-0.2, 0) is 16.0 Å². The maximum atomic E-state index is 10.8. The van der Waals surface area contributed by atoms with E-state index in [-0.39, 0.29) is 23.9 Å². The summed E-state index contributed by atoms with van der Waals surface area (Å²) < 4.78 is 4.47. The van der Waals surface area contributed by atoms with E-state index in [1.165, 1.54) is 19.2 Å². The minimum atomic E-state index is -0.532. The lowest BCUT2D eigenvalue weighted by molar-refractivity contribution is -0.140. The van der Waals surface area contributed by atoms with Gasteiger partial charge in [-0.2, -0.15) is 0 Å². The molecule has 0 heterocycles. The molecule has 0 spiro atoms. The second kappa shape index (κ2) is 5.25. The maximum absolute atomic E-state index is 10.8. The first kappa shape index (κ1) is 12.2. The molecule has 0 bridgehead atoms. The summed E-state index contributed by atoms with van der Waals surface area (Å²) in [5.41, 5.74) is 0.485. The molecule has 0 aromatic heterocycles. The Hall–Kier alpha value is -1.91. The summed E-state index contributed by atoms with van der Waals surface area (Å²) in [6, 6.07) is 2.80. The number of carbonyl (C=O) groups excluding carboxylic acids is 1. The predicted octanol–water partition coefficient (Wildman–Crippen LogP) is 1.30. The van der Waals surface area contributed by atoms with E-state index in [9.17, 15) is 15.0 Å². The molecular weight excluding hydrogens is 212 g/mol. The Labute approximate surface area is 92.9 Å². The molecule has 3 N–H and O–H groups in total. The first-order valence-electron chi connectivity index (χ1n) is 4.86. The number of phenolic OH excluding ortho intramolecular Hbond substituents is 3. The summed E-state index contributed by atoms with van der Waals surface area (Å²) in [5, 5.41) is 27.8. The van der Waals surface area contributed by atoms with Gasteiger partial charge in [-0.1, -0.05) is 6.07 Å². The second-order valence-electron chi connectivity index (χ2n) is 3.37. The molecule has 0 amide bonds. The molecule has 0 radical (unpaired) electrons. The van der Waals surface area contributed by atoms with Crippen molar-refractivity contribution in [3.8, 4) is 17.2 Å². The molecule has 1 rings (SSSR count). The lowest BCUT2D eigenvalue weighted by Gasteiger charge is -2.06. The summed E-state index contributed by atoms with van der Waals surface area (Å²) in [4.78, 5) is 10.8. The molecule has 0 aliphatic heterocycles. The SMILES string of the molecule is COC(=O)CCCc1ccc(O)c(O)c1O. The lowest BCUT2D eigenvalue weighted by atomic mass is 10.1. The fourth-order valence-electron chi connectivity index (χ4n) is 1.34. The molecule has 1 aromatic carbocycles. The van der Waals surface area contributed by atoms with Gasteiger partial charge in [0.25, 0.3) is 0 Å². The monoisotopic (exact) mass is 226 g/mol. The molecule has 0 atom stereocenters. The molecule has 0 fully saturated rings. The molecule has 0 aliphatic carbocycles. The fourth-order valence-corrected chi connectivity index (χ4v) is 1.34. The van der Waals surface area contributed by atoms with E-state index in [0.717, 1.165) is 0 Å². The van der Waals surface area contributed by atoms with Crippen molar-refractivity contribution in [3.05, 3.63) is 17.7 Å². The van der Waals surface area contributed by atoms with Gasteiger partial charge < -0.3 is 20.1 Å². The van der Waals surface area contributed by atoms with Gasteiger partial charge in [0, 0.05) is 6.42 Å². The van der Waals surface area contributed by atoms with Crippen LogP contribution < -0.4 is 0 Å². The van der Waals surface area contributed by atoms with Crippen molar-refractivity contribution in [1.29, 1.82) is 0 Å². The van der Waals surface area contributed by atoms with E-state index in [0.29, 0.717) is 18.4 Å². The maximum Gasteiger partial charge on any atom is 0.305 e. The highest BCUT2D eigenvalue weighted by Crippen LogP contribution is 2.37. The predicted molar refractivity (Wildman–Crippen MR) is 56.4 cm³/mol. The van der Waals surface area contributed by atoms with Crippen LogP contribution in [0.1, 0.15) is 18.4 Å². The molecule has 0 aliphatic rings. The van der Waals surface area contributed by atoms with Crippen LogP contribution in [0.3, 0.4) is 0 Å². The summed E-state index contributed by atoms with van der Waals surface area (Å²) in [5.74, 6) is -1.56. The molecule has 5 nitrogen and oxygen atoms in total. The van der Waals surface area contributed by atoms with Gasteiger partial charge in [0.2, 0.25) is 5.75 Å². The standard InChI is InChI=1S/C11H14O5/c1-16-9(13)4-2-3-7-5-6-8(12)11(15)10(7)14/h5-6,12,14-15H,2-4H2,1H3. The highest BCUT2D eigenvalue weighted by atomic mass is 16.5. The molecule has 16 heavy (non-hydrogen) atoms. The number of ether oxygens (including phenoxy) is 1. The van der Waals surface area contributed by atoms with Crippen LogP contribution in [0.5, 0.6) is 17.2 Å². The molecule has 0 saturated heterocycles. The third-order valence-electron chi connectivity index (χ3n) is 2.27. The summed E-state index contributed by atoms with van der Waals surface area (Å²) in [7, 11) is 1.31. The topological polar surface area (TPSA) is 87.0 Å². The van der Waals surface area contributed by atoms with Crippen LogP contribution in [0, 0.1) is 0 Å². The Bertz CT molecular complexity index is 386. The first-order chi connectivity index (χ1) is 7.56. The third kappa shape index (κ3) is 2.79. The number of benzene rings is 1. The van der Waals surface area contributed by atoms with E-state index in [1.54, 1.807) is 0 Å². The van der Waals surface area contributed by atoms with Gasteiger partial charge in [0.1, 0.15) is 0 Å². The van der Waals surface area contributed by atoms with Crippen LogP contribution in [0.15, 0.2) is 12.1 Å². The number of rotatable bonds is 4. The largest absolute Gasteiger partial charge is 0.504 e. The lowest BCUT2D eigenvalue weighted by Crippen LogP contribution is -2.00. The molecular formula is C11H14O5. The van der Waals surface area contributed by atoms with Crippen molar-refractivity contribution in [2.75, 3.05) is 7.11 Å². The highest BCUT2D eigenvalue weighted by molar-refractivity contribution is 5.69. The number of aryl methyl sites for hydroxylation is 1. The second-order valence-corrected chi connectivity index (χ2v) is 3.37. The van der Waals surface area contributed by atoms with Crippen LogP contribution in [0.25, 0.3) is 0 Å². The minimum Gasteiger partial charge on any atom is -0.504 e. The van der Waals surface area contributed by atoms with Crippen LogP contribution in [-0.4, -0.2) is 28.4 Å². The Morgan fingerprint density at radius 3 is 2.56 bits per heavy atom. The van der Waals surface area contributed by atoms with E-state index < -0.39 is 5.75 Å². The zero-order valence-electron chi connectivity index (χ0n) is 8.93. The van der Waals surface area contributed by atoms with Gasteiger partial charge in [0.05, 0.1) is 7.11 Å².